The fourth-order valence-electron chi connectivity index (χ4n) is 3.56. The first-order valence-corrected chi connectivity index (χ1v) is 9.04. The molecular formula is C17H19N3O3S. The number of amides is 1. The Morgan fingerprint density at radius 2 is 2.42 bits per heavy atom. The molecule has 0 spiro atoms. The Kier molecular flexibility index (Phi) is 4.20. The minimum atomic E-state index is -0.165. The molecule has 2 aromatic heterocycles. The van der Waals surface area contributed by atoms with Crippen molar-refractivity contribution in [2.45, 2.75) is 18.9 Å². The second kappa shape index (κ2) is 6.49. The average molecular weight is 345 g/mol. The molecule has 2 aliphatic heterocycles. The van der Waals surface area contributed by atoms with E-state index in [1.165, 1.54) is 11.3 Å². The summed E-state index contributed by atoms with van der Waals surface area (Å²) in [5, 5.41) is 1.80. The summed E-state index contributed by atoms with van der Waals surface area (Å²) in [6.07, 6.45) is 3.59. The first-order valence-electron chi connectivity index (χ1n) is 8.10. The van der Waals surface area contributed by atoms with Crippen molar-refractivity contribution in [2.24, 2.45) is 5.41 Å². The molecule has 0 aliphatic carbocycles. The second-order valence-corrected chi connectivity index (χ2v) is 7.04. The Bertz CT molecular complexity index is 694. The van der Waals surface area contributed by atoms with Gasteiger partial charge >= 0.3 is 0 Å². The maximum Gasteiger partial charge on any atom is 0.273 e. The van der Waals surface area contributed by atoms with Crippen molar-refractivity contribution >= 4 is 17.2 Å². The lowest BCUT2D eigenvalue weighted by Gasteiger charge is -2.43. The molecule has 0 radical (unpaired) electrons. The van der Waals surface area contributed by atoms with Crippen LogP contribution in [-0.2, 0) is 4.74 Å². The minimum Gasteiger partial charge on any atom is -0.477 e. The summed E-state index contributed by atoms with van der Waals surface area (Å²) in [6, 6.07) is 5.62. The molecule has 0 unspecified atom stereocenters. The van der Waals surface area contributed by atoms with Crippen LogP contribution in [0.5, 0.6) is 5.88 Å². The highest BCUT2D eigenvalue weighted by molar-refractivity contribution is 7.07. The number of piperidine rings is 1. The van der Waals surface area contributed by atoms with Gasteiger partial charge in [-0.05, 0) is 18.9 Å². The van der Waals surface area contributed by atoms with Gasteiger partial charge in [-0.15, -0.1) is 11.3 Å². The smallest absolute Gasteiger partial charge is 0.273 e. The first-order chi connectivity index (χ1) is 11.8. The summed E-state index contributed by atoms with van der Waals surface area (Å²) in [7, 11) is 0. The van der Waals surface area contributed by atoms with Gasteiger partial charge in [-0.1, -0.05) is 6.07 Å². The number of hydrogen-bond donors (Lipinski definition) is 0. The van der Waals surface area contributed by atoms with E-state index in [0.717, 1.165) is 19.4 Å². The fraction of sp³-hybridized carbons (Fsp3) is 0.471. The number of likely N-dealkylation sites (tertiary alicyclic amines) is 1. The zero-order valence-corrected chi connectivity index (χ0v) is 14.1. The Morgan fingerprint density at radius 1 is 1.46 bits per heavy atom. The highest BCUT2D eigenvalue weighted by atomic mass is 32.1. The minimum absolute atomic E-state index is 0.00110. The van der Waals surface area contributed by atoms with Gasteiger partial charge in [0.1, 0.15) is 5.69 Å². The number of carbonyl (C=O) groups is 1. The van der Waals surface area contributed by atoms with Gasteiger partial charge in [-0.25, -0.2) is 9.97 Å². The molecule has 2 atom stereocenters. The zero-order chi connectivity index (χ0) is 16.4. The number of carbonyl (C=O) groups excluding carboxylic acids is 1. The summed E-state index contributed by atoms with van der Waals surface area (Å²) in [6.45, 7) is 2.57. The van der Waals surface area contributed by atoms with Gasteiger partial charge in [0.15, 0.2) is 0 Å². The van der Waals surface area contributed by atoms with Gasteiger partial charge in [0, 0.05) is 37.3 Å². The molecule has 2 saturated heterocycles. The number of rotatable bonds is 4. The number of nitrogens with zero attached hydrogens (tertiary/aromatic N) is 3. The zero-order valence-electron chi connectivity index (χ0n) is 13.3. The number of thiazole rings is 1. The fourth-order valence-corrected chi connectivity index (χ4v) is 4.09. The second-order valence-electron chi connectivity index (χ2n) is 6.32. The van der Waals surface area contributed by atoms with Crippen LogP contribution in [0.25, 0.3) is 0 Å². The summed E-state index contributed by atoms with van der Waals surface area (Å²) >= 11 is 1.44. The maximum absolute atomic E-state index is 12.6. The third kappa shape index (κ3) is 2.89. The van der Waals surface area contributed by atoms with E-state index in [0.29, 0.717) is 31.3 Å². The molecule has 4 rings (SSSR count). The molecule has 2 aliphatic rings. The van der Waals surface area contributed by atoms with Gasteiger partial charge in [-0.3, -0.25) is 4.79 Å². The van der Waals surface area contributed by atoms with Crippen molar-refractivity contribution in [1.29, 1.82) is 0 Å². The Hall–Kier alpha value is -1.99. The molecule has 4 heterocycles. The van der Waals surface area contributed by atoms with Crippen molar-refractivity contribution in [2.75, 3.05) is 26.3 Å². The number of fused-ring (bicyclic) bond motifs is 1. The van der Waals surface area contributed by atoms with Crippen LogP contribution in [0.15, 0.2) is 35.3 Å². The van der Waals surface area contributed by atoms with Crippen molar-refractivity contribution in [3.05, 3.63) is 41.0 Å². The number of aromatic nitrogens is 2. The highest BCUT2D eigenvalue weighted by Gasteiger charge is 2.49. The van der Waals surface area contributed by atoms with Crippen LogP contribution in [0.2, 0.25) is 0 Å². The molecule has 126 valence electrons. The standard InChI is InChI=1S/C17H19N3O3S/c21-16(13-9-24-12-19-13)20-7-4-14-17(10-20,5-8-22-14)11-23-15-3-1-2-6-18-15/h1-3,6,9,12,14H,4-5,7-8,10-11H2/t14-,17+/m1/s1. The molecule has 7 heteroatoms. The van der Waals surface area contributed by atoms with Gasteiger partial charge in [0.05, 0.1) is 23.6 Å². The van der Waals surface area contributed by atoms with Crippen molar-refractivity contribution < 1.29 is 14.3 Å². The summed E-state index contributed by atoms with van der Waals surface area (Å²) in [5.41, 5.74) is 2.05. The topological polar surface area (TPSA) is 64.6 Å². The Balaban J connectivity index is 1.49. The highest BCUT2D eigenvalue weighted by Crippen LogP contribution is 2.41. The predicted octanol–water partition coefficient (Wildman–Crippen LogP) is 2.24. The molecule has 2 fully saturated rings. The van der Waals surface area contributed by atoms with Crippen LogP contribution >= 0.6 is 11.3 Å². The number of pyridine rings is 1. The van der Waals surface area contributed by atoms with E-state index in [1.807, 2.05) is 23.1 Å². The van der Waals surface area contributed by atoms with Crippen molar-refractivity contribution in [3.63, 3.8) is 0 Å². The maximum atomic E-state index is 12.6. The molecule has 0 bridgehead atoms. The molecule has 2 aromatic rings. The average Bonchev–Trinajstić information content (AvgIpc) is 3.29. The van der Waals surface area contributed by atoms with E-state index in [1.54, 1.807) is 17.1 Å². The third-order valence-electron chi connectivity index (χ3n) is 4.85. The van der Waals surface area contributed by atoms with E-state index in [4.69, 9.17) is 9.47 Å². The van der Waals surface area contributed by atoms with Crippen molar-refractivity contribution in [1.82, 2.24) is 14.9 Å². The van der Waals surface area contributed by atoms with E-state index < -0.39 is 0 Å². The lowest BCUT2D eigenvalue weighted by Crippen LogP contribution is -2.54. The summed E-state index contributed by atoms with van der Waals surface area (Å²) in [5.74, 6) is 0.610. The van der Waals surface area contributed by atoms with Gasteiger partial charge in [0.2, 0.25) is 5.88 Å². The number of ether oxygens (including phenoxy) is 2. The molecule has 0 aromatic carbocycles. The molecular weight excluding hydrogens is 326 g/mol. The van der Waals surface area contributed by atoms with Gasteiger partial charge < -0.3 is 14.4 Å². The van der Waals surface area contributed by atoms with E-state index in [2.05, 4.69) is 9.97 Å². The van der Waals surface area contributed by atoms with E-state index in [-0.39, 0.29) is 17.4 Å². The molecule has 0 saturated carbocycles. The molecule has 6 nitrogen and oxygen atoms in total. The van der Waals surface area contributed by atoms with Crippen molar-refractivity contribution in [3.8, 4) is 5.88 Å². The summed E-state index contributed by atoms with van der Waals surface area (Å²) < 4.78 is 11.8. The monoisotopic (exact) mass is 345 g/mol. The largest absolute Gasteiger partial charge is 0.477 e. The predicted molar refractivity (Wildman–Crippen MR) is 89.2 cm³/mol. The van der Waals surface area contributed by atoms with Gasteiger partial charge in [0.25, 0.3) is 5.91 Å². The Morgan fingerprint density at radius 3 is 3.21 bits per heavy atom. The van der Waals surface area contributed by atoms with Gasteiger partial charge in [-0.2, -0.15) is 0 Å². The summed E-state index contributed by atoms with van der Waals surface area (Å²) in [4.78, 5) is 22.9. The van der Waals surface area contributed by atoms with Crippen LogP contribution in [0, 0.1) is 5.41 Å². The Labute approximate surface area is 144 Å². The molecule has 1 amide bonds. The normalized spacial score (nSPS) is 26.2. The first kappa shape index (κ1) is 15.5. The van der Waals surface area contributed by atoms with Crippen LogP contribution in [0.3, 0.4) is 0 Å². The van der Waals surface area contributed by atoms with E-state index >= 15 is 0 Å². The van der Waals surface area contributed by atoms with Crippen LogP contribution < -0.4 is 4.74 Å². The van der Waals surface area contributed by atoms with E-state index in [9.17, 15) is 4.79 Å². The van der Waals surface area contributed by atoms with Crippen LogP contribution in [-0.4, -0.2) is 53.2 Å². The molecule has 0 N–H and O–H groups in total. The lowest BCUT2D eigenvalue weighted by molar-refractivity contribution is -0.0333. The van der Waals surface area contributed by atoms with Crippen LogP contribution in [0.4, 0.5) is 0 Å². The molecule has 24 heavy (non-hydrogen) atoms. The lowest BCUT2D eigenvalue weighted by atomic mass is 9.77. The van der Waals surface area contributed by atoms with Crippen LogP contribution in [0.1, 0.15) is 23.3 Å². The quantitative estimate of drug-likeness (QED) is 0.850. The number of hydrogen-bond acceptors (Lipinski definition) is 6. The third-order valence-corrected chi connectivity index (χ3v) is 5.44. The SMILES string of the molecule is O=C(c1cscn1)N1CC[C@H]2OCC[C@@]2(COc2ccccn2)C1.